The summed E-state index contributed by atoms with van der Waals surface area (Å²) in [5.74, 6) is 0.0358. The molecule has 22 heavy (non-hydrogen) atoms. The quantitative estimate of drug-likeness (QED) is 0.737. The topological polar surface area (TPSA) is 56.1 Å². The van der Waals surface area contributed by atoms with Crippen molar-refractivity contribution in [3.05, 3.63) is 69.5 Å². The van der Waals surface area contributed by atoms with Crippen molar-refractivity contribution in [2.24, 2.45) is 0 Å². The molecule has 1 aromatic carbocycles. The van der Waals surface area contributed by atoms with Crippen LogP contribution < -0.4 is 5.56 Å². The van der Waals surface area contributed by atoms with Crippen molar-refractivity contribution in [1.82, 2.24) is 4.57 Å². The van der Waals surface area contributed by atoms with Gasteiger partial charge in [0.1, 0.15) is 0 Å². The largest absolute Gasteiger partial charge is 0.311 e. The first kappa shape index (κ1) is 15.0. The molecule has 0 unspecified atom stereocenters. The SMILES string of the molecule is CS(=O)(=O)Cc1ccc(Cn2ccc3sccc3c2=O)cc1. The number of pyridine rings is 1. The standard InChI is InChI=1S/C16H15NO3S2/c1-22(19,20)11-13-4-2-12(3-5-13)10-17-8-6-15-14(16(17)18)7-9-21-15/h2-9H,10-11H2,1H3. The minimum atomic E-state index is -3.03. The highest BCUT2D eigenvalue weighted by molar-refractivity contribution is 7.89. The lowest BCUT2D eigenvalue weighted by molar-refractivity contribution is 0.601. The summed E-state index contributed by atoms with van der Waals surface area (Å²) in [6, 6.07) is 11.1. The molecule has 0 atom stereocenters. The molecule has 0 radical (unpaired) electrons. The fourth-order valence-electron chi connectivity index (χ4n) is 2.37. The van der Waals surface area contributed by atoms with Crippen LogP contribution in [0.5, 0.6) is 0 Å². The van der Waals surface area contributed by atoms with Crippen LogP contribution in [0.4, 0.5) is 0 Å². The van der Waals surface area contributed by atoms with Gasteiger partial charge in [0, 0.05) is 17.2 Å². The zero-order chi connectivity index (χ0) is 15.7. The first-order chi connectivity index (χ1) is 10.4. The molecule has 2 heterocycles. The third-order valence-electron chi connectivity index (χ3n) is 3.40. The molecule has 0 bridgehead atoms. The average molecular weight is 333 g/mol. The van der Waals surface area contributed by atoms with E-state index in [1.54, 1.807) is 34.2 Å². The Kier molecular flexibility index (Phi) is 3.88. The average Bonchev–Trinajstić information content (AvgIpc) is 2.92. The Bertz CT molecular complexity index is 967. The first-order valence-corrected chi connectivity index (χ1v) is 9.68. The highest BCUT2D eigenvalue weighted by Gasteiger charge is 2.06. The molecule has 2 aromatic heterocycles. The van der Waals surface area contributed by atoms with Gasteiger partial charge in [-0.05, 0) is 28.6 Å². The second kappa shape index (κ2) is 5.70. The number of nitrogens with zero attached hydrogens (tertiary/aromatic N) is 1. The maximum absolute atomic E-state index is 12.3. The number of rotatable bonds is 4. The van der Waals surface area contributed by atoms with Crippen molar-refractivity contribution in [3.8, 4) is 0 Å². The lowest BCUT2D eigenvalue weighted by Gasteiger charge is -2.07. The summed E-state index contributed by atoms with van der Waals surface area (Å²) in [5, 5.41) is 2.65. The van der Waals surface area contributed by atoms with Crippen LogP contribution in [0.1, 0.15) is 11.1 Å². The fourth-order valence-corrected chi connectivity index (χ4v) is 3.94. The third kappa shape index (κ3) is 3.28. The minimum absolute atomic E-state index is 0.000961. The van der Waals surface area contributed by atoms with Gasteiger partial charge < -0.3 is 4.57 Å². The highest BCUT2D eigenvalue weighted by Crippen LogP contribution is 2.17. The van der Waals surface area contributed by atoms with Gasteiger partial charge in [0.25, 0.3) is 5.56 Å². The van der Waals surface area contributed by atoms with Crippen molar-refractivity contribution < 1.29 is 8.42 Å². The van der Waals surface area contributed by atoms with Gasteiger partial charge in [0.05, 0.1) is 17.7 Å². The summed E-state index contributed by atoms with van der Waals surface area (Å²) in [6.45, 7) is 0.476. The van der Waals surface area contributed by atoms with Crippen molar-refractivity contribution in [2.75, 3.05) is 6.26 Å². The predicted molar refractivity (Wildman–Crippen MR) is 90.2 cm³/mol. The van der Waals surface area contributed by atoms with Gasteiger partial charge in [-0.1, -0.05) is 24.3 Å². The summed E-state index contributed by atoms with van der Waals surface area (Å²) < 4.78 is 25.2. The molecular formula is C16H15NO3S2. The van der Waals surface area contributed by atoms with Crippen molar-refractivity contribution in [3.63, 3.8) is 0 Å². The first-order valence-electron chi connectivity index (χ1n) is 6.74. The van der Waals surface area contributed by atoms with E-state index in [2.05, 4.69) is 0 Å². The molecule has 0 fully saturated rings. The second-order valence-corrected chi connectivity index (χ2v) is 8.42. The molecule has 0 N–H and O–H groups in total. The summed E-state index contributed by atoms with van der Waals surface area (Å²) in [4.78, 5) is 12.3. The van der Waals surface area contributed by atoms with Crippen LogP contribution >= 0.6 is 11.3 Å². The molecule has 4 nitrogen and oxygen atoms in total. The van der Waals surface area contributed by atoms with E-state index in [1.807, 2.05) is 29.6 Å². The zero-order valence-corrected chi connectivity index (χ0v) is 13.7. The summed E-state index contributed by atoms with van der Waals surface area (Å²) >= 11 is 1.55. The van der Waals surface area contributed by atoms with Gasteiger partial charge in [0.15, 0.2) is 9.84 Å². The number of hydrogen-bond acceptors (Lipinski definition) is 4. The van der Waals surface area contributed by atoms with Crippen LogP contribution in [0.25, 0.3) is 10.1 Å². The van der Waals surface area contributed by atoms with E-state index in [4.69, 9.17) is 0 Å². The molecule has 0 saturated carbocycles. The molecular weight excluding hydrogens is 318 g/mol. The molecule has 114 valence electrons. The Labute approximate surface area is 132 Å². The van der Waals surface area contributed by atoms with E-state index >= 15 is 0 Å². The van der Waals surface area contributed by atoms with Gasteiger partial charge in [-0.2, -0.15) is 0 Å². The molecule has 3 aromatic rings. The van der Waals surface area contributed by atoms with E-state index < -0.39 is 9.84 Å². The van der Waals surface area contributed by atoms with Gasteiger partial charge in [-0.3, -0.25) is 4.79 Å². The van der Waals surface area contributed by atoms with Crippen LogP contribution in [0.3, 0.4) is 0 Å². The molecule has 3 rings (SSSR count). The fraction of sp³-hybridized carbons (Fsp3) is 0.188. The summed E-state index contributed by atoms with van der Waals surface area (Å²) in [6.07, 6.45) is 3.02. The van der Waals surface area contributed by atoms with Crippen molar-refractivity contribution >= 4 is 31.3 Å². The summed E-state index contributed by atoms with van der Waals surface area (Å²) in [7, 11) is -3.03. The Balaban J connectivity index is 1.86. The molecule has 0 aliphatic heterocycles. The van der Waals surface area contributed by atoms with Crippen LogP contribution in [0.15, 0.2) is 52.8 Å². The zero-order valence-electron chi connectivity index (χ0n) is 12.0. The number of fused-ring (bicyclic) bond motifs is 1. The maximum Gasteiger partial charge on any atom is 0.259 e. The van der Waals surface area contributed by atoms with Crippen LogP contribution in [-0.2, 0) is 22.1 Å². The van der Waals surface area contributed by atoms with E-state index in [9.17, 15) is 13.2 Å². The second-order valence-electron chi connectivity index (χ2n) is 5.33. The van der Waals surface area contributed by atoms with E-state index in [0.29, 0.717) is 6.54 Å². The Morgan fingerprint density at radius 3 is 2.41 bits per heavy atom. The van der Waals surface area contributed by atoms with E-state index in [1.165, 1.54) is 6.26 Å². The van der Waals surface area contributed by atoms with Gasteiger partial charge in [-0.25, -0.2) is 8.42 Å². The number of thiophene rings is 1. The lowest BCUT2D eigenvalue weighted by atomic mass is 10.1. The Morgan fingerprint density at radius 2 is 1.73 bits per heavy atom. The number of hydrogen-bond donors (Lipinski definition) is 0. The highest BCUT2D eigenvalue weighted by atomic mass is 32.2. The normalized spacial score (nSPS) is 11.9. The Morgan fingerprint density at radius 1 is 1.05 bits per heavy atom. The van der Waals surface area contributed by atoms with Gasteiger partial charge in [0.2, 0.25) is 0 Å². The molecule has 6 heteroatoms. The van der Waals surface area contributed by atoms with Crippen molar-refractivity contribution in [2.45, 2.75) is 12.3 Å². The minimum Gasteiger partial charge on any atom is -0.311 e. The van der Waals surface area contributed by atoms with Gasteiger partial charge >= 0.3 is 0 Å². The molecule has 0 spiro atoms. The maximum atomic E-state index is 12.3. The third-order valence-corrected chi connectivity index (χ3v) is 5.14. The predicted octanol–water partition coefficient (Wildman–Crippen LogP) is 2.66. The number of aromatic nitrogens is 1. The van der Waals surface area contributed by atoms with Crippen LogP contribution in [-0.4, -0.2) is 19.2 Å². The molecule has 0 saturated heterocycles. The summed E-state index contributed by atoms with van der Waals surface area (Å²) in [5.41, 5.74) is 1.72. The lowest BCUT2D eigenvalue weighted by Crippen LogP contribution is -2.19. The Hall–Kier alpha value is -1.92. The number of sulfone groups is 1. The van der Waals surface area contributed by atoms with Gasteiger partial charge in [-0.15, -0.1) is 11.3 Å². The van der Waals surface area contributed by atoms with Crippen LogP contribution in [0.2, 0.25) is 0 Å². The molecule has 0 aliphatic rings. The smallest absolute Gasteiger partial charge is 0.259 e. The van der Waals surface area contributed by atoms with Crippen LogP contribution in [0, 0.1) is 0 Å². The molecule has 0 aliphatic carbocycles. The van der Waals surface area contributed by atoms with Crippen molar-refractivity contribution in [1.29, 1.82) is 0 Å². The molecule has 0 amide bonds. The number of benzene rings is 1. The van der Waals surface area contributed by atoms with E-state index in [-0.39, 0.29) is 11.3 Å². The monoisotopic (exact) mass is 333 g/mol. The van der Waals surface area contributed by atoms with E-state index in [0.717, 1.165) is 21.2 Å².